The van der Waals surface area contributed by atoms with Crippen LogP contribution in [0.1, 0.15) is 43.0 Å². The second-order valence-electron chi connectivity index (χ2n) is 6.32. The molecule has 3 rings (SSSR count). The summed E-state index contributed by atoms with van der Waals surface area (Å²) in [7, 11) is 1.81. The van der Waals surface area contributed by atoms with Crippen LogP contribution in [0.3, 0.4) is 0 Å². The van der Waals surface area contributed by atoms with Gasteiger partial charge in [-0.15, -0.1) is 0 Å². The summed E-state index contributed by atoms with van der Waals surface area (Å²) in [5.41, 5.74) is 0.169. The van der Waals surface area contributed by atoms with E-state index < -0.39 is 0 Å². The molecule has 0 aliphatic heterocycles. The summed E-state index contributed by atoms with van der Waals surface area (Å²) >= 11 is 0. The number of nitrogens with zero attached hydrogens (tertiary/aromatic N) is 2. The molecule has 1 aromatic rings. The van der Waals surface area contributed by atoms with Gasteiger partial charge in [-0.1, -0.05) is 0 Å². The van der Waals surface area contributed by atoms with E-state index in [-0.39, 0.29) is 17.5 Å². The Hall–Kier alpha value is -1.58. The molecule has 0 unspecified atom stereocenters. The lowest BCUT2D eigenvalue weighted by molar-refractivity contribution is 0.0724. The zero-order valence-corrected chi connectivity index (χ0v) is 12.2. The van der Waals surface area contributed by atoms with E-state index >= 15 is 0 Å². The summed E-state index contributed by atoms with van der Waals surface area (Å²) in [5, 5.41) is 0. The van der Waals surface area contributed by atoms with Crippen molar-refractivity contribution in [3.05, 3.63) is 34.2 Å². The molecule has 2 fully saturated rings. The van der Waals surface area contributed by atoms with Crippen molar-refractivity contribution in [1.82, 2.24) is 9.47 Å². The average molecular weight is 274 g/mol. The fraction of sp³-hybridized carbons (Fsp3) is 0.625. The lowest BCUT2D eigenvalue weighted by atomic mass is 10.1. The second kappa shape index (κ2) is 5.08. The fourth-order valence-corrected chi connectivity index (χ4v) is 2.69. The number of pyridine rings is 1. The molecular weight excluding hydrogens is 252 g/mol. The topological polar surface area (TPSA) is 42.3 Å². The first-order chi connectivity index (χ1) is 9.58. The van der Waals surface area contributed by atoms with Crippen molar-refractivity contribution in [2.24, 2.45) is 11.8 Å². The highest BCUT2D eigenvalue weighted by Gasteiger charge is 2.33. The first-order valence-electron chi connectivity index (χ1n) is 7.54. The van der Waals surface area contributed by atoms with Crippen LogP contribution in [0, 0.1) is 11.8 Å². The van der Waals surface area contributed by atoms with Gasteiger partial charge < -0.3 is 9.47 Å². The molecule has 4 heteroatoms. The van der Waals surface area contributed by atoms with Gasteiger partial charge in [-0.3, -0.25) is 9.59 Å². The molecule has 1 amide bonds. The van der Waals surface area contributed by atoms with E-state index in [1.807, 2.05) is 13.1 Å². The van der Waals surface area contributed by atoms with E-state index in [0.29, 0.717) is 17.4 Å². The van der Waals surface area contributed by atoms with E-state index in [1.54, 1.807) is 21.7 Å². The zero-order valence-electron chi connectivity index (χ0n) is 12.2. The van der Waals surface area contributed by atoms with Crippen LogP contribution in [-0.2, 0) is 6.54 Å². The molecule has 0 aromatic carbocycles. The maximum absolute atomic E-state index is 12.5. The van der Waals surface area contributed by atoms with Crippen LogP contribution in [0.5, 0.6) is 0 Å². The van der Waals surface area contributed by atoms with Gasteiger partial charge in [0, 0.05) is 25.8 Å². The Morgan fingerprint density at radius 3 is 2.70 bits per heavy atom. The lowest BCUT2D eigenvalue weighted by Crippen LogP contribution is -2.40. The molecule has 108 valence electrons. The van der Waals surface area contributed by atoms with Gasteiger partial charge >= 0.3 is 0 Å². The van der Waals surface area contributed by atoms with Gasteiger partial charge in [0.05, 0.1) is 0 Å². The molecule has 1 aromatic heterocycles. The van der Waals surface area contributed by atoms with Crippen LogP contribution < -0.4 is 5.56 Å². The Balaban J connectivity index is 1.81. The van der Waals surface area contributed by atoms with Gasteiger partial charge in [0.15, 0.2) is 0 Å². The zero-order chi connectivity index (χ0) is 14.3. The standard InChI is InChI=1S/C16H22N2O2/c1-11(13-7-8-13)17(2)15(19)14-4-3-9-18(16(14)20)10-12-5-6-12/h3-4,9,11-13H,5-8,10H2,1-2H3/t11-/m1/s1. The van der Waals surface area contributed by atoms with Crippen molar-refractivity contribution < 1.29 is 4.79 Å². The first-order valence-corrected chi connectivity index (χ1v) is 7.54. The normalized spacial score (nSPS) is 19.7. The number of hydrogen-bond acceptors (Lipinski definition) is 2. The number of carbonyl (C=O) groups is 1. The molecule has 20 heavy (non-hydrogen) atoms. The van der Waals surface area contributed by atoms with Crippen molar-refractivity contribution in [2.45, 2.75) is 45.2 Å². The van der Waals surface area contributed by atoms with Crippen LogP contribution >= 0.6 is 0 Å². The van der Waals surface area contributed by atoms with Crippen LogP contribution in [0.4, 0.5) is 0 Å². The van der Waals surface area contributed by atoms with Crippen molar-refractivity contribution in [3.63, 3.8) is 0 Å². The van der Waals surface area contributed by atoms with Gasteiger partial charge in [0.1, 0.15) is 5.56 Å². The van der Waals surface area contributed by atoms with E-state index in [4.69, 9.17) is 0 Å². The van der Waals surface area contributed by atoms with Gasteiger partial charge in [0.2, 0.25) is 0 Å². The maximum Gasteiger partial charge on any atom is 0.263 e. The second-order valence-corrected chi connectivity index (χ2v) is 6.32. The maximum atomic E-state index is 12.5. The highest BCUT2D eigenvalue weighted by Crippen LogP contribution is 2.35. The number of carbonyl (C=O) groups excluding carboxylic acids is 1. The third kappa shape index (κ3) is 2.65. The van der Waals surface area contributed by atoms with Crippen LogP contribution in [0.25, 0.3) is 0 Å². The Morgan fingerprint density at radius 2 is 2.10 bits per heavy atom. The third-order valence-corrected chi connectivity index (χ3v) is 4.64. The largest absolute Gasteiger partial charge is 0.339 e. The molecule has 4 nitrogen and oxygen atoms in total. The molecule has 1 heterocycles. The Morgan fingerprint density at radius 1 is 1.40 bits per heavy atom. The number of hydrogen-bond donors (Lipinski definition) is 0. The smallest absolute Gasteiger partial charge is 0.263 e. The van der Waals surface area contributed by atoms with Gasteiger partial charge in [-0.05, 0) is 56.6 Å². The minimum absolute atomic E-state index is 0.139. The molecule has 2 saturated carbocycles. The first kappa shape index (κ1) is 13.4. The minimum atomic E-state index is -0.140. The molecule has 0 saturated heterocycles. The SMILES string of the molecule is C[C@H](C1CC1)N(C)C(=O)c1cccn(CC2CC2)c1=O. The summed E-state index contributed by atoms with van der Waals surface area (Å²) in [4.78, 5) is 26.6. The van der Waals surface area contributed by atoms with Crippen molar-refractivity contribution in [1.29, 1.82) is 0 Å². The minimum Gasteiger partial charge on any atom is -0.339 e. The van der Waals surface area contributed by atoms with Crippen molar-refractivity contribution >= 4 is 5.91 Å². The van der Waals surface area contributed by atoms with Crippen LogP contribution in [0.2, 0.25) is 0 Å². The average Bonchev–Trinajstić information content (AvgIpc) is 3.31. The van der Waals surface area contributed by atoms with Crippen molar-refractivity contribution in [2.75, 3.05) is 7.05 Å². The summed E-state index contributed by atoms with van der Waals surface area (Å²) in [6, 6.07) is 3.69. The molecule has 0 spiro atoms. The summed E-state index contributed by atoms with van der Waals surface area (Å²) in [6.07, 6.45) is 6.58. The number of rotatable bonds is 5. The van der Waals surface area contributed by atoms with Gasteiger partial charge in [0.25, 0.3) is 11.5 Å². The molecule has 0 bridgehead atoms. The monoisotopic (exact) mass is 274 g/mol. The van der Waals surface area contributed by atoms with Gasteiger partial charge in [-0.2, -0.15) is 0 Å². The molecule has 2 aliphatic carbocycles. The highest BCUT2D eigenvalue weighted by molar-refractivity contribution is 5.93. The van der Waals surface area contributed by atoms with E-state index in [9.17, 15) is 9.59 Å². The lowest BCUT2D eigenvalue weighted by Gasteiger charge is -2.24. The molecule has 2 aliphatic rings. The fourth-order valence-electron chi connectivity index (χ4n) is 2.69. The third-order valence-electron chi connectivity index (χ3n) is 4.64. The molecule has 0 N–H and O–H groups in total. The predicted molar refractivity (Wildman–Crippen MR) is 77.7 cm³/mol. The van der Waals surface area contributed by atoms with Gasteiger partial charge in [-0.25, -0.2) is 0 Å². The summed E-state index contributed by atoms with van der Waals surface area (Å²) in [6.45, 7) is 2.82. The highest BCUT2D eigenvalue weighted by atomic mass is 16.2. The molecule has 0 radical (unpaired) electrons. The molecule has 1 atom stereocenters. The van der Waals surface area contributed by atoms with E-state index in [0.717, 1.165) is 6.54 Å². The van der Waals surface area contributed by atoms with Crippen molar-refractivity contribution in [3.8, 4) is 0 Å². The Bertz CT molecular complexity index is 570. The van der Waals surface area contributed by atoms with E-state index in [1.165, 1.54) is 25.7 Å². The van der Waals surface area contributed by atoms with Crippen LogP contribution in [-0.4, -0.2) is 28.5 Å². The number of aromatic nitrogens is 1. The Kier molecular flexibility index (Phi) is 3.40. The molecular formula is C16H22N2O2. The van der Waals surface area contributed by atoms with Crippen LogP contribution in [0.15, 0.2) is 23.1 Å². The summed E-state index contributed by atoms with van der Waals surface area (Å²) < 4.78 is 1.69. The predicted octanol–water partition coefficient (Wildman–Crippen LogP) is 2.13. The number of amides is 1. The Labute approximate surface area is 119 Å². The van der Waals surface area contributed by atoms with E-state index in [2.05, 4.69) is 6.92 Å². The quantitative estimate of drug-likeness (QED) is 0.825. The summed E-state index contributed by atoms with van der Waals surface area (Å²) in [5.74, 6) is 1.10.